The minimum Gasteiger partial charge on any atom is -0.296 e. The van der Waals surface area contributed by atoms with Crippen LogP contribution in [0.4, 0.5) is 0 Å². The van der Waals surface area contributed by atoms with Crippen molar-refractivity contribution < 1.29 is 0 Å². The highest BCUT2D eigenvalue weighted by Gasteiger charge is 2.50. The fraction of sp³-hybridized carbons (Fsp3) is 1.00. The molecular formula is C60H156B2N2. The van der Waals surface area contributed by atoms with Gasteiger partial charge in [-0.3, -0.25) is 9.80 Å². The Bertz CT molecular complexity index is 631. The predicted molar refractivity (Wildman–Crippen MR) is 333 cm³/mol. The summed E-state index contributed by atoms with van der Waals surface area (Å²) >= 11 is 0. The van der Waals surface area contributed by atoms with E-state index in [1.54, 1.807) is 0 Å². The monoisotopic (exact) mass is 927 g/mol. The summed E-state index contributed by atoms with van der Waals surface area (Å²) in [5.41, 5.74) is 0. The molecule has 4 aliphatic heterocycles. The highest BCUT2D eigenvalue weighted by atomic mass is 15.3. The molecule has 0 aromatic rings. The van der Waals surface area contributed by atoms with Crippen molar-refractivity contribution in [1.29, 1.82) is 0 Å². The largest absolute Gasteiger partial charge is 0.296 e. The highest BCUT2D eigenvalue weighted by Crippen LogP contribution is 2.48. The summed E-state index contributed by atoms with van der Waals surface area (Å²) in [5.74, 6) is 5.23. The summed E-state index contributed by atoms with van der Waals surface area (Å²) in [4.78, 5) is 5.64. The zero-order chi connectivity index (χ0) is 44.3. The van der Waals surface area contributed by atoms with E-state index in [-0.39, 0.29) is 74.3 Å². The zero-order valence-electron chi connectivity index (χ0n) is 44.0. The van der Waals surface area contributed by atoms with E-state index in [2.05, 4.69) is 203 Å². The van der Waals surface area contributed by atoms with Crippen LogP contribution in [0.3, 0.4) is 0 Å². The summed E-state index contributed by atoms with van der Waals surface area (Å²) < 4.78 is 0. The number of fused-ring (bicyclic) bond motifs is 2. The fourth-order valence-electron chi connectivity index (χ4n) is 7.99. The molecule has 0 saturated carbocycles. The van der Waals surface area contributed by atoms with Crippen LogP contribution in [0.25, 0.3) is 0 Å². The Morgan fingerprint density at radius 1 is 0.281 bits per heavy atom. The van der Waals surface area contributed by atoms with Crippen LogP contribution in [-0.4, -0.2) is 59.5 Å². The first kappa shape index (κ1) is 110. The molecule has 12 atom stereocenters. The van der Waals surface area contributed by atoms with Gasteiger partial charge in [0.1, 0.15) is 13.4 Å². The second-order valence-corrected chi connectivity index (χ2v) is 18.2. The molecule has 4 fully saturated rings. The van der Waals surface area contributed by atoms with Crippen LogP contribution < -0.4 is 0 Å². The molecule has 0 aromatic heterocycles. The number of nitrogens with zero attached hydrogens (tertiary/aromatic N) is 2. The molecule has 0 aromatic carbocycles. The molecule has 0 bridgehead atoms. The second kappa shape index (κ2) is 72.0. The molecule has 64 heavy (non-hydrogen) atoms. The van der Waals surface area contributed by atoms with E-state index in [4.69, 9.17) is 0 Å². The molecule has 0 aliphatic carbocycles. The Morgan fingerprint density at radius 3 is 0.562 bits per heavy atom. The Balaban J connectivity index is -0.0000000314. The van der Waals surface area contributed by atoms with Crippen LogP contribution in [0.1, 0.15) is 318 Å². The summed E-state index contributed by atoms with van der Waals surface area (Å²) in [6.45, 7) is 65.1. The molecule has 4 rings (SSSR count). The molecule has 412 valence electrons. The maximum Gasteiger partial charge on any atom is 0.146 e. The highest BCUT2D eigenvalue weighted by molar-refractivity contribution is 6.61. The van der Waals surface area contributed by atoms with Crippen LogP contribution in [-0.2, 0) is 0 Å². The molecule has 2 nitrogen and oxygen atoms in total. The Hall–Kier alpha value is 0.0499. The zero-order valence-corrected chi connectivity index (χ0v) is 44.0. The molecule has 0 spiro atoms. The molecule has 0 amide bonds. The lowest BCUT2D eigenvalue weighted by molar-refractivity contribution is 0.117. The van der Waals surface area contributed by atoms with E-state index in [0.717, 1.165) is 84.8 Å². The molecule has 0 unspecified atom stereocenters. The van der Waals surface area contributed by atoms with Crippen LogP contribution in [0, 0.1) is 11.8 Å². The quantitative estimate of drug-likeness (QED) is 0.223. The molecule has 4 heterocycles. The number of hydrogen-bond acceptors (Lipinski definition) is 2. The average Bonchev–Trinajstić information content (AvgIpc) is 3.57. The van der Waals surface area contributed by atoms with Gasteiger partial charge in [-0.2, -0.15) is 0 Å². The van der Waals surface area contributed by atoms with E-state index in [1.165, 1.54) is 64.2 Å². The van der Waals surface area contributed by atoms with Crippen molar-refractivity contribution in [3.63, 3.8) is 0 Å². The maximum atomic E-state index is 2.82. The van der Waals surface area contributed by atoms with Crippen LogP contribution in [0.2, 0.25) is 36.9 Å². The molecular weight excluding hydrogens is 770 g/mol. The van der Waals surface area contributed by atoms with Crippen molar-refractivity contribution >= 4 is 13.4 Å². The third-order valence-corrected chi connectivity index (χ3v) is 11.6. The van der Waals surface area contributed by atoms with Gasteiger partial charge in [-0.1, -0.05) is 292 Å². The third kappa shape index (κ3) is 44.5. The van der Waals surface area contributed by atoms with Crippen molar-refractivity contribution in [2.45, 2.75) is 392 Å². The minimum absolute atomic E-state index is 0. The first-order chi connectivity index (χ1) is 25.2. The topological polar surface area (TPSA) is 6.48 Å². The fourth-order valence-corrected chi connectivity index (χ4v) is 7.99. The first-order valence-electron chi connectivity index (χ1n) is 24.8. The van der Waals surface area contributed by atoms with Crippen molar-refractivity contribution in [3.05, 3.63) is 0 Å². The predicted octanol–water partition coefficient (Wildman–Crippen LogP) is 24.5. The molecule has 4 saturated heterocycles. The van der Waals surface area contributed by atoms with Gasteiger partial charge in [0.2, 0.25) is 0 Å². The van der Waals surface area contributed by atoms with Crippen LogP contribution >= 0.6 is 0 Å². The van der Waals surface area contributed by atoms with Crippen LogP contribution in [0.15, 0.2) is 0 Å². The van der Waals surface area contributed by atoms with Gasteiger partial charge in [0.25, 0.3) is 0 Å². The van der Waals surface area contributed by atoms with Gasteiger partial charge in [0.15, 0.2) is 0 Å². The maximum absolute atomic E-state index is 2.82. The average molecular weight is 928 g/mol. The van der Waals surface area contributed by atoms with Gasteiger partial charge in [0, 0.05) is 36.3 Å². The molecule has 4 aliphatic rings. The smallest absolute Gasteiger partial charge is 0.146 e. The van der Waals surface area contributed by atoms with Crippen LogP contribution in [0.5, 0.6) is 0 Å². The Labute approximate surface area is 425 Å². The van der Waals surface area contributed by atoms with Crippen molar-refractivity contribution in [2.24, 2.45) is 11.8 Å². The van der Waals surface area contributed by atoms with Crippen molar-refractivity contribution in [2.75, 3.05) is 0 Å². The van der Waals surface area contributed by atoms with E-state index < -0.39 is 0 Å². The lowest BCUT2D eigenvalue weighted by atomic mass is 9.32. The van der Waals surface area contributed by atoms with Gasteiger partial charge < -0.3 is 0 Å². The van der Waals surface area contributed by atoms with Gasteiger partial charge in [-0.25, -0.2) is 0 Å². The Morgan fingerprint density at radius 2 is 0.422 bits per heavy atom. The van der Waals surface area contributed by atoms with Crippen molar-refractivity contribution in [3.8, 4) is 0 Å². The third-order valence-electron chi connectivity index (χ3n) is 11.6. The van der Waals surface area contributed by atoms with Gasteiger partial charge in [0.05, 0.1) is 0 Å². The summed E-state index contributed by atoms with van der Waals surface area (Å²) in [6.07, 6.45) is 12.8. The van der Waals surface area contributed by atoms with E-state index in [9.17, 15) is 0 Å². The molecule has 0 N–H and O–H groups in total. The van der Waals surface area contributed by atoms with E-state index >= 15 is 0 Å². The summed E-state index contributed by atoms with van der Waals surface area (Å²) in [5, 5.41) is 0. The van der Waals surface area contributed by atoms with Crippen molar-refractivity contribution in [1.82, 2.24) is 9.80 Å². The lowest BCUT2D eigenvalue weighted by Crippen LogP contribution is -2.54. The molecule has 4 heteroatoms. The van der Waals surface area contributed by atoms with Gasteiger partial charge in [-0.05, 0) is 75.6 Å². The lowest BCUT2D eigenvalue weighted by Gasteiger charge is -2.48. The standard InChI is InChI=1S/2C13H26BN.8C3H8.10CH4/c2*1-8-7-13-10(3)14(6)9(2)12(5)15(13)11(8)4;8*1-3-2;;;;;;;;;;/h2*8-13H,7H2,1-6H3;8*3H2,1-2H3;10*1H4/t2*8-,9-,10+,11-,12+,13-;;;;;;;;;;;;;;;;;;/m00................../s1. The minimum atomic E-state index is 0. The second-order valence-electron chi connectivity index (χ2n) is 18.2. The number of hydrogen-bond donors (Lipinski definition) is 0. The normalized spacial score (nSPS) is 26.6. The van der Waals surface area contributed by atoms with E-state index in [0.29, 0.717) is 0 Å². The van der Waals surface area contributed by atoms with Gasteiger partial charge >= 0.3 is 0 Å². The van der Waals surface area contributed by atoms with E-state index in [1.807, 2.05) is 0 Å². The number of rotatable bonds is 0. The SMILES string of the molecule is C.C.C.C.C.C.C.C.C.C.CB1[C@@H](C)[C@@H](C)N2[C@@H](C)[C@@H](C)C[C@H]2[C@H]1C.CB1[C@@H](C)[C@@H](C)N2[C@@H](C)[C@@H](C)C[C@H]2[C@H]1C.CCC.CCC.CCC.CCC.CCC.CCC.CCC.CCC. The summed E-state index contributed by atoms with van der Waals surface area (Å²) in [6, 6.07) is 4.86. The Kier molecular flexibility index (Phi) is 124. The summed E-state index contributed by atoms with van der Waals surface area (Å²) in [7, 11) is 0. The first-order valence-corrected chi connectivity index (χ1v) is 24.8. The molecule has 0 radical (unpaired) electrons. The van der Waals surface area contributed by atoms with Gasteiger partial charge in [-0.15, -0.1) is 0 Å².